The lowest BCUT2D eigenvalue weighted by molar-refractivity contribution is 0.0151. The van der Waals surface area contributed by atoms with Crippen molar-refractivity contribution in [2.24, 2.45) is 11.3 Å². The van der Waals surface area contributed by atoms with Gasteiger partial charge >= 0.3 is 6.03 Å². The number of aliphatic hydroxyl groups excluding tert-OH is 1. The standard InChI is InChI=1S/C15H28N2O2/c1-11(2)13(18)15(3,4)10-16-14(19)17-12-8-6-5-7-9-12/h5-6,11-13,18H,7-10H2,1-4H3,(H2,16,17,19)/t12-,13+/m0/s1. The molecule has 1 aliphatic carbocycles. The first kappa shape index (κ1) is 16.0. The van der Waals surface area contributed by atoms with E-state index in [0.29, 0.717) is 6.54 Å². The molecule has 2 amide bonds. The summed E-state index contributed by atoms with van der Waals surface area (Å²) < 4.78 is 0. The highest BCUT2D eigenvalue weighted by Gasteiger charge is 2.30. The van der Waals surface area contributed by atoms with Gasteiger partial charge in [0.1, 0.15) is 0 Å². The Hall–Kier alpha value is -1.03. The third-order valence-electron chi connectivity index (χ3n) is 3.74. The average Bonchev–Trinajstić information content (AvgIpc) is 2.36. The highest BCUT2D eigenvalue weighted by molar-refractivity contribution is 5.74. The van der Waals surface area contributed by atoms with Gasteiger partial charge in [0.05, 0.1) is 6.10 Å². The molecule has 19 heavy (non-hydrogen) atoms. The maximum absolute atomic E-state index is 11.8. The van der Waals surface area contributed by atoms with Gasteiger partial charge in [-0.1, -0.05) is 39.8 Å². The second-order valence-corrected chi connectivity index (χ2v) is 6.49. The summed E-state index contributed by atoms with van der Waals surface area (Å²) >= 11 is 0. The summed E-state index contributed by atoms with van der Waals surface area (Å²) in [5, 5.41) is 16.0. The summed E-state index contributed by atoms with van der Waals surface area (Å²) in [6, 6.07) is 0.104. The fraction of sp³-hybridized carbons (Fsp3) is 0.800. The molecule has 4 heteroatoms. The van der Waals surface area contributed by atoms with Crippen LogP contribution in [0.15, 0.2) is 12.2 Å². The van der Waals surface area contributed by atoms with Crippen LogP contribution in [0.25, 0.3) is 0 Å². The molecule has 0 unspecified atom stereocenters. The molecule has 4 nitrogen and oxygen atoms in total. The quantitative estimate of drug-likeness (QED) is 0.671. The highest BCUT2D eigenvalue weighted by Crippen LogP contribution is 2.25. The molecule has 0 heterocycles. The first-order valence-corrected chi connectivity index (χ1v) is 7.20. The van der Waals surface area contributed by atoms with E-state index >= 15 is 0 Å². The molecule has 2 atom stereocenters. The topological polar surface area (TPSA) is 61.4 Å². The normalized spacial score (nSPS) is 21.3. The van der Waals surface area contributed by atoms with Crippen LogP contribution >= 0.6 is 0 Å². The zero-order valence-electron chi connectivity index (χ0n) is 12.6. The lowest BCUT2D eigenvalue weighted by Crippen LogP contribution is -2.48. The van der Waals surface area contributed by atoms with E-state index in [4.69, 9.17) is 0 Å². The van der Waals surface area contributed by atoms with Gasteiger partial charge in [0.15, 0.2) is 0 Å². The molecular weight excluding hydrogens is 240 g/mol. The number of urea groups is 1. The zero-order valence-corrected chi connectivity index (χ0v) is 12.6. The van der Waals surface area contributed by atoms with E-state index in [9.17, 15) is 9.90 Å². The van der Waals surface area contributed by atoms with E-state index in [1.165, 1.54) is 0 Å². The number of aliphatic hydroxyl groups is 1. The molecular formula is C15H28N2O2. The lowest BCUT2D eigenvalue weighted by Gasteiger charge is -2.33. The summed E-state index contributed by atoms with van der Waals surface area (Å²) in [5.41, 5.74) is -0.321. The van der Waals surface area contributed by atoms with Crippen LogP contribution in [0.3, 0.4) is 0 Å². The molecule has 0 aromatic rings. The number of nitrogens with one attached hydrogen (secondary N) is 2. The Kier molecular flexibility index (Phi) is 5.85. The smallest absolute Gasteiger partial charge is 0.315 e. The van der Waals surface area contributed by atoms with Gasteiger partial charge in [0.2, 0.25) is 0 Å². The van der Waals surface area contributed by atoms with Gasteiger partial charge in [0, 0.05) is 18.0 Å². The van der Waals surface area contributed by atoms with Crippen molar-refractivity contribution in [2.75, 3.05) is 6.54 Å². The zero-order chi connectivity index (χ0) is 14.5. The van der Waals surface area contributed by atoms with Crippen molar-refractivity contribution in [2.45, 2.75) is 59.1 Å². The van der Waals surface area contributed by atoms with Crippen LogP contribution in [0.2, 0.25) is 0 Å². The van der Waals surface area contributed by atoms with E-state index < -0.39 is 6.10 Å². The van der Waals surface area contributed by atoms with E-state index in [1.807, 2.05) is 27.7 Å². The summed E-state index contributed by atoms with van der Waals surface area (Å²) in [6.07, 6.45) is 6.78. The van der Waals surface area contributed by atoms with E-state index in [1.54, 1.807) is 0 Å². The Morgan fingerprint density at radius 3 is 2.63 bits per heavy atom. The van der Waals surface area contributed by atoms with Crippen molar-refractivity contribution in [1.82, 2.24) is 10.6 Å². The minimum atomic E-state index is -0.426. The predicted molar refractivity (Wildman–Crippen MR) is 77.9 cm³/mol. The molecule has 0 fully saturated rings. The molecule has 110 valence electrons. The fourth-order valence-electron chi connectivity index (χ4n) is 2.48. The Bertz CT molecular complexity index is 324. The highest BCUT2D eigenvalue weighted by atomic mass is 16.3. The number of hydrogen-bond donors (Lipinski definition) is 3. The van der Waals surface area contributed by atoms with Crippen molar-refractivity contribution in [3.05, 3.63) is 12.2 Å². The Morgan fingerprint density at radius 2 is 2.11 bits per heavy atom. The molecule has 0 saturated heterocycles. The van der Waals surface area contributed by atoms with Crippen molar-refractivity contribution < 1.29 is 9.90 Å². The summed E-state index contributed by atoms with van der Waals surface area (Å²) in [5.74, 6) is 0.184. The Labute approximate surface area is 116 Å². The van der Waals surface area contributed by atoms with Gasteiger partial charge in [-0.25, -0.2) is 4.79 Å². The predicted octanol–water partition coefficient (Wildman–Crippen LogP) is 2.44. The second kappa shape index (κ2) is 6.94. The van der Waals surface area contributed by atoms with Gasteiger partial charge in [-0.2, -0.15) is 0 Å². The average molecular weight is 268 g/mol. The molecule has 1 aliphatic rings. The van der Waals surface area contributed by atoms with Crippen LogP contribution in [0.5, 0.6) is 0 Å². The summed E-state index contributed by atoms with van der Waals surface area (Å²) in [6.45, 7) is 8.39. The van der Waals surface area contributed by atoms with Crippen molar-refractivity contribution in [1.29, 1.82) is 0 Å². The largest absolute Gasteiger partial charge is 0.392 e. The molecule has 0 saturated carbocycles. The summed E-state index contributed by atoms with van der Waals surface area (Å²) in [4.78, 5) is 11.8. The number of carbonyl (C=O) groups excluding carboxylic acids is 1. The second-order valence-electron chi connectivity index (χ2n) is 6.49. The summed E-state index contributed by atoms with van der Waals surface area (Å²) in [7, 11) is 0. The molecule has 1 rings (SSSR count). The molecule has 0 radical (unpaired) electrons. The van der Waals surface area contributed by atoms with Gasteiger partial charge in [-0.05, 0) is 25.2 Å². The molecule has 0 bridgehead atoms. The monoisotopic (exact) mass is 268 g/mol. The van der Waals surface area contributed by atoms with Crippen molar-refractivity contribution in [3.63, 3.8) is 0 Å². The van der Waals surface area contributed by atoms with Gasteiger partial charge in [-0.15, -0.1) is 0 Å². The number of allylic oxidation sites excluding steroid dienone is 1. The van der Waals surface area contributed by atoms with Crippen LogP contribution in [0.1, 0.15) is 47.0 Å². The van der Waals surface area contributed by atoms with Crippen LogP contribution < -0.4 is 10.6 Å². The number of hydrogen-bond acceptors (Lipinski definition) is 2. The van der Waals surface area contributed by atoms with Crippen LogP contribution in [0.4, 0.5) is 4.79 Å². The van der Waals surface area contributed by atoms with Crippen molar-refractivity contribution >= 4 is 6.03 Å². The first-order chi connectivity index (χ1) is 8.83. The molecule has 0 aliphatic heterocycles. The van der Waals surface area contributed by atoms with E-state index in [-0.39, 0.29) is 23.4 Å². The number of rotatable bonds is 5. The molecule has 0 aromatic heterocycles. The van der Waals surface area contributed by atoms with Gasteiger partial charge < -0.3 is 15.7 Å². The Balaban J connectivity index is 2.34. The van der Waals surface area contributed by atoms with E-state index in [0.717, 1.165) is 19.3 Å². The molecule has 0 spiro atoms. The van der Waals surface area contributed by atoms with E-state index in [2.05, 4.69) is 22.8 Å². The third-order valence-corrected chi connectivity index (χ3v) is 3.74. The fourth-order valence-corrected chi connectivity index (χ4v) is 2.48. The molecule has 3 N–H and O–H groups in total. The maximum atomic E-state index is 11.8. The number of amides is 2. The third kappa shape index (κ3) is 5.23. The SMILES string of the molecule is CC(C)[C@@H](O)C(C)(C)CNC(=O)N[C@H]1CC=CCC1. The molecule has 0 aromatic carbocycles. The maximum Gasteiger partial charge on any atom is 0.315 e. The van der Waals surface area contributed by atoms with Crippen LogP contribution in [0, 0.1) is 11.3 Å². The first-order valence-electron chi connectivity index (χ1n) is 7.20. The number of carbonyl (C=O) groups is 1. The minimum absolute atomic E-state index is 0.135. The van der Waals surface area contributed by atoms with Crippen LogP contribution in [-0.4, -0.2) is 29.8 Å². The van der Waals surface area contributed by atoms with Gasteiger partial charge in [0.25, 0.3) is 0 Å². The van der Waals surface area contributed by atoms with Gasteiger partial charge in [-0.3, -0.25) is 0 Å². The lowest BCUT2D eigenvalue weighted by atomic mass is 9.81. The van der Waals surface area contributed by atoms with Crippen molar-refractivity contribution in [3.8, 4) is 0 Å². The minimum Gasteiger partial charge on any atom is -0.392 e. The van der Waals surface area contributed by atoms with Crippen LogP contribution in [-0.2, 0) is 0 Å². The Morgan fingerprint density at radius 1 is 1.42 bits per heavy atom.